The van der Waals surface area contributed by atoms with Crippen LogP contribution >= 0.6 is 0 Å². The van der Waals surface area contributed by atoms with Gasteiger partial charge in [-0.3, -0.25) is 5.41 Å². The van der Waals surface area contributed by atoms with Gasteiger partial charge in [0, 0.05) is 12.1 Å². The minimum atomic E-state index is 0.105. The summed E-state index contributed by atoms with van der Waals surface area (Å²) >= 11 is 0. The van der Waals surface area contributed by atoms with E-state index in [1.54, 1.807) is 0 Å². The van der Waals surface area contributed by atoms with Crippen molar-refractivity contribution >= 4 is 5.96 Å². The zero-order chi connectivity index (χ0) is 10.8. The molecule has 1 heterocycles. The number of nitrogens with zero attached hydrogens (tertiary/aromatic N) is 1. The highest BCUT2D eigenvalue weighted by Gasteiger charge is 2.15. The Kier molecular flexibility index (Phi) is 2.49. The third-order valence-corrected chi connectivity index (χ3v) is 2.54. The lowest BCUT2D eigenvalue weighted by Gasteiger charge is -2.19. The Morgan fingerprint density at radius 3 is 3.07 bits per heavy atom. The van der Waals surface area contributed by atoms with Gasteiger partial charge in [-0.25, -0.2) is 0 Å². The molecule has 3 N–H and O–H groups in total. The van der Waals surface area contributed by atoms with E-state index in [1.165, 1.54) is 5.56 Å². The monoisotopic (exact) mass is 205 g/mol. The number of guanidine groups is 1. The number of benzene rings is 1. The van der Waals surface area contributed by atoms with Gasteiger partial charge < -0.3 is 15.4 Å². The van der Waals surface area contributed by atoms with E-state index in [1.807, 2.05) is 24.0 Å². The van der Waals surface area contributed by atoms with Gasteiger partial charge in [-0.1, -0.05) is 17.7 Å². The molecule has 15 heavy (non-hydrogen) atoms. The van der Waals surface area contributed by atoms with E-state index in [2.05, 4.69) is 6.07 Å². The third kappa shape index (κ3) is 2.03. The summed E-state index contributed by atoms with van der Waals surface area (Å²) in [6.07, 6.45) is 0. The molecule has 1 aromatic carbocycles. The number of ether oxygens (including phenoxy) is 1. The van der Waals surface area contributed by atoms with Crippen LogP contribution < -0.4 is 10.5 Å². The first kappa shape index (κ1) is 9.83. The van der Waals surface area contributed by atoms with E-state index < -0.39 is 0 Å². The molecule has 0 unspecified atom stereocenters. The largest absolute Gasteiger partial charge is 0.491 e. The van der Waals surface area contributed by atoms with Gasteiger partial charge in [0.2, 0.25) is 0 Å². The molecule has 2 rings (SSSR count). The van der Waals surface area contributed by atoms with Crippen molar-refractivity contribution in [3.05, 3.63) is 29.3 Å². The lowest BCUT2D eigenvalue weighted by molar-refractivity contribution is 0.288. The summed E-state index contributed by atoms with van der Waals surface area (Å²) in [5.74, 6) is 1.01. The van der Waals surface area contributed by atoms with E-state index in [-0.39, 0.29) is 5.96 Å². The molecule has 0 spiro atoms. The molecule has 4 nitrogen and oxygen atoms in total. The summed E-state index contributed by atoms with van der Waals surface area (Å²) in [6.45, 7) is 3.95. The van der Waals surface area contributed by atoms with Crippen molar-refractivity contribution in [1.82, 2.24) is 4.90 Å². The Morgan fingerprint density at radius 1 is 1.53 bits per heavy atom. The number of hydrogen-bond donors (Lipinski definition) is 2. The van der Waals surface area contributed by atoms with Crippen molar-refractivity contribution in [2.24, 2.45) is 5.73 Å². The van der Waals surface area contributed by atoms with Crippen molar-refractivity contribution in [2.75, 3.05) is 13.2 Å². The summed E-state index contributed by atoms with van der Waals surface area (Å²) < 4.78 is 5.59. The average Bonchev–Trinajstić information content (AvgIpc) is 2.39. The normalized spacial score (nSPS) is 15.1. The maximum atomic E-state index is 7.43. The Balaban J connectivity index is 2.31. The fourth-order valence-electron chi connectivity index (χ4n) is 1.73. The highest BCUT2D eigenvalue weighted by molar-refractivity contribution is 5.74. The fraction of sp³-hybridized carbons (Fsp3) is 0.364. The summed E-state index contributed by atoms with van der Waals surface area (Å²) in [7, 11) is 0. The van der Waals surface area contributed by atoms with Crippen molar-refractivity contribution in [1.29, 1.82) is 5.41 Å². The van der Waals surface area contributed by atoms with E-state index >= 15 is 0 Å². The molecule has 1 aliphatic heterocycles. The van der Waals surface area contributed by atoms with Gasteiger partial charge >= 0.3 is 0 Å². The van der Waals surface area contributed by atoms with Gasteiger partial charge in [-0.15, -0.1) is 0 Å². The first-order valence-corrected chi connectivity index (χ1v) is 4.98. The van der Waals surface area contributed by atoms with Crippen LogP contribution in [0.5, 0.6) is 5.75 Å². The predicted molar refractivity (Wildman–Crippen MR) is 59.0 cm³/mol. The van der Waals surface area contributed by atoms with Gasteiger partial charge in [0.15, 0.2) is 5.96 Å². The summed E-state index contributed by atoms with van der Waals surface area (Å²) in [5, 5.41) is 7.43. The van der Waals surface area contributed by atoms with Crippen LogP contribution in [0.3, 0.4) is 0 Å². The van der Waals surface area contributed by atoms with Gasteiger partial charge in [0.25, 0.3) is 0 Å². The third-order valence-electron chi connectivity index (χ3n) is 2.54. The summed E-state index contributed by atoms with van der Waals surface area (Å²) in [4.78, 5) is 1.81. The molecule has 0 aliphatic carbocycles. The first-order valence-electron chi connectivity index (χ1n) is 4.98. The number of rotatable bonds is 0. The Morgan fingerprint density at radius 2 is 2.33 bits per heavy atom. The molecule has 1 aromatic rings. The van der Waals surface area contributed by atoms with Gasteiger partial charge in [0.05, 0.1) is 6.54 Å². The molecular weight excluding hydrogens is 190 g/mol. The van der Waals surface area contributed by atoms with Crippen LogP contribution in [0.4, 0.5) is 0 Å². The number of nitrogens with one attached hydrogen (secondary N) is 1. The van der Waals surface area contributed by atoms with Crippen LogP contribution in [0.15, 0.2) is 18.2 Å². The second-order valence-electron chi connectivity index (χ2n) is 3.77. The first-order chi connectivity index (χ1) is 7.16. The maximum absolute atomic E-state index is 7.43. The standard InChI is InChI=1S/C11H15N3O/c1-8-2-3-10-9(6-8)7-14(11(12)13)4-5-15-10/h2-3,6H,4-5,7H2,1H3,(H3,12,13). The fourth-order valence-corrected chi connectivity index (χ4v) is 1.73. The minimum absolute atomic E-state index is 0.105. The number of aryl methyl sites for hydroxylation is 1. The van der Waals surface area contributed by atoms with Crippen molar-refractivity contribution in [3.63, 3.8) is 0 Å². The molecule has 0 fully saturated rings. The molecular formula is C11H15N3O. The van der Waals surface area contributed by atoms with E-state index in [9.17, 15) is 0 Å². The highest BCUT2D eigenvalue weighted by atomic mass is 16.5. The van der Waals surface area contributed by atoms with Gasteiger partial charge in [-0.05, 0) is 13.0 Å². The second kappa shape index (κ2) is 3.81. The van der Waals surface area contributed by atoms with E-state index in [0.29, 0.717) is 19.7 Å². The van der Waals surface area contributed by atoms with E-state index in [4.69, 9.17) is 15.9 Å². The SMILES string of the molecule is Cc1ccc2c(c1)CN(C(=N)N)CCO2. The van der Waals surface area contributed by atoms with Crippen LogP contribution in [-0.2, 0) is 6.54 Å². The zero-order valence-electron chi connectivity index (χ0n) is 8.79. The molecule has 0 saturated carbocycles. The number of fused-ring (bicyclic) bond motifs is 1. The average molecular weight is 205 g/mol. The smallest absolute Gasteiger partial charge is 0.188 e. The minimum Gasteiger partial charge on any atom is -0.491 e. The molecule has 0 amide bonds. The van der Waals surface area contributed by atoms with Crippen molar-refractivity contribution in [2.45, 2.75) is 13.5 Å². The van der Waals surface area contributed by atoms with Crippen LogP contribution in [0.25, 0.3) is 0 Å². The summed E-state index contributed by atoms with van der Waals surface area (Å²) in [5.41, 5.74) is 7.78. The molecule has 1 aliphatic rings. The van der Waals surface area contributed by atoms with Crippen LogP contribution in [0.2, 0.25) is 0 Å². The van der Waals surface area contributed by atoms with Crippen molar-refractivity contribution in [3.8, 4) is 5.75 Å². The van der Waals surface area contributed by atoms with Crippen LogP contribution in [0.1, 0.15) is 11.1 Å². The van der Waals surface area contributed by atoms with Gasteiger partial charge in [-0.2, -0.15) is 0 Å². The lowest BCUT2D eigenvalue weighted by Crippen LogP contribution is -2.37. The van der Waals surface area contributed by atoms with Gasteiger partial charge in [0.1, 0.15) is 12.4 Å². The Labute approximate surface area is 89.1 Å². The Bertz CT molecular complexity index is 389. The molecule has 0 radical (unpaired) electrons. The number of nitrogens with two attached hydrogens (primary N) is 1. The molecule has 0 atom stereocenters. The maximum Gasteiger partial charge on any atom is 0.188 e. The van der Waals surface area contributed by atoms with Crippen LogP contribution in [-0.4, -0.2) is 24.0 Å². The predicted octanol–water partition coefficient (Wildman–Crippen LogP) is 1.08. The highest BCUT2D eigenvalue weighted by Crippen LogP contribution is 2.23. The molecule has 4 heteroatoms. The topological polar surface area (TPSA) is 62.3 Å². The second-order valence-corrected chi connectivity index (χ2v) is 3.77. The zero-order valence-corrected chi connectivity index (χ0v) is 8.79. The molecule has 80 valence electrons. The molecule has 0 aromatic heterocycles. The quantitative estimate of drug-likeness (QED) is 0.492. The van der Waals surface area contributed by atoms with Crippen molar-refractivity contribution < 1.29 is 4.74 Å². The summed E-state index contributed by atoms with van der Waals surface area (Å²) in [6, 6.07) is 6.09. The Hall–Kier alpha value is -1.71. The lowest BCUT2D eigenvalue weighted by atomic mass is 10.1. The van der Waals surface area contributed by atoms with E-state index in [0.717, 1.165) is 11.3 Å². The molecule has 0 bridgehead atoms. The molecule has 0 saturated heterocycles. The van der Waals surface area contributed by atoms with Crippen LogP contribution in [0, 0.1) is 12.3 Å². The number of hydrogen-bond acceptors (Lipinski definition) is 2.